The number of halogens is 1. The third-order valence-corrected chi connectivity index (χ3v) is 6.71. The molecule has 1 aliphatic carbocycles. The van der Waals surface area contributed by atoms with E-state index in [0.717, 1.165) is 27.0 Å². The van der Waals surface area contributed by atoms with Gasteiger partial charge in [0, 0.05) is 30.0 Å². The van der Waals surface area contributed by atoms with E-state index >= 15 is 0 Å². The van der Waals surface area contributed by atoms with Gasteiger partial charge in [-0.15, -0.1) is 0 Å². The molecule has 2 aromatic rings. The molecule has 2 unspecified atom stereocenters. The Morgan fingerprint density at radius 3 is 2.52 bits per heavy atom. The highest BCUT2D eigenvalue weighted by Gasteiger charge is 2.38. The maximum atomic E-state index is 13.4. The van der Waals surface area contributed by atoms with E-state index in [1.54, 1.807) is 7.11 Å². The van der Waals surface area contributed by atoms with Crippen molar-refractivity contribution in [2.45, 2.75) is 44.9 Å². The van der Waals surface area contributed by atoms with Crippen LogP contribution in [0.5, 0.6) is 17.2 Å². The minimum Gasteiger partial charge on any atom is -0.497 e. The highest BCUT2D eigenvalue weighted by atomic mass is 79.9. The molecular formula is C26H28BrNO5. The van der Waals surface area contributed by atoms with Crippen LogP contribution < -0.4 is 19.5 Å². The lowest BCUT2D eigenvalue weighted by Gasteiger charge is -2.34. The van der Waals surface area contributed by atoms with E-state index in [1.165, 1.54) is 0 Å². The molecule has 0 saturated carbocycles. The maximum absolute atomic E-state index is 13.4. The average molecular weight is 514 g/mol. The number of methoxy groups -OCH3 is 1. The molecule has 7 heteroatoms. The third kappa shape index (κ3) is 4.78. The largest absolute Gasteiger partial charge is 0.497 e. The van der Waals surface area contributed by atoms with E-state index in [-0.39, 0.29) is 29.9 Å². The number of hydrogen-bond acceptors (Lipinski definition) is 5. The normalized spacial score (nSPS) is 20.2. The van der Waals surface area contributed by atoms with Crippen molar-refractivity contribution < 1.29 is 23.8 Å². The molecule has 1 N–H and O–H groups in total. The first-order valence-corrected chi connectivity index (χ1v) is 12.0. The van der Waals surface area contributed by atoms with Gasteiger partial charge in [-0.05, 0) is 77.5 Å². The van der Waals surface area contributed by atoms with Crippen LogP contribution in [0.3, 0.4) is 0 Å². The molecule has 0 aromatic heterocycles. The second kappa shape index (κ2) is 10.00. The average Bonchev–Trinajstić information content (AvgIpc) is 2.80. The second-order valence-electron chi connectivity index (χ2n) is 8.20. The number of ether oxygens (including phenoxy) is 3. The monoisotopic (exact) mass is 513 g/mol. The zero-order valence-corrected chi connectivity index (χ0v) is 20.7. The molecule has 2 atom stereocenters. The van der Waals surface area contributed by atoms with Gasteiger partial charge >= 0.3 is 0 Å². The van der Waals surface area contributed by atoms with Crippen molar-refractivity contribution in [3.63, 3.8) is 0 Å². The lowest BCUT2D eigenvalue weighted by molar-refractivity contribution is -0.122. The summed E-state index contributed by atoms with van der Waals surface area (Å²) in [5.74, 6) is 1.65. The van der Waals surface area contributed by atoms with Crippen LogP contribution in [-0.2, 0) is 9.59 Å². The Bertz CT molecular complexity index is 1110. The molecule has 4 rings (SSSR count). The van der Waals surface area contributed by atoms with Crippen LogP contribution in [0.25, 0.3) is 0 Å². The molecule has 0 radical (unpaired) electrons. The molecule has 0 spiro atoms. The van der Waals surface area contributed by atoms with Gasteiger partial charge in [0.05, 0.1) is 24.8 Å². The molecule has 0 fully saturated rings. The molecular weight excluding hydrogens is 486 g/mol. The van der Waals surface area contributed by atoms with Gasteiger partial charge in [-0.1, -0.05) is 12.1 Å². The SMILES string of the molecule is CCOc1cc(C2CC(=O)NC3=C2C(=O)CC(c2cccc(OC)c2)C3)cc(Br)c1OCC. The number of carbonyl (C=O) groups excluding carboxylic acids is 2. The zero-order chi connectivity index (χ0) is 23.5. The van der Waals surface area contributed by atoms with Gasteiger partial charge in [0.2, 0.25) is 5.91 Å². The Hall–Kier alpha value is -2.80. The van der Waals surface area contributed by atoms with Gasteiger partial charge in [0.1, 0.15) is 5.75 Å². The summed E-state index contributed by atoms with van der Waals surface area (Å²) in [6.45, 7) is 4.81. The predicted octanol–water partition coefficient (Wildman–Crippen LogP) is 5.26. The van der Waals surface area contributed by atoms with Crippen LogP contribution in [0.4, 0.5) is 0 Å². The molecule has 1 heterocycles. The number of allylic oxidation sites excluding steroid dienone is 2. The number of nitrogens with one attached hydrogen (secondary N) is 1. The fourth-order valence-electron chi connectivity index (χ4n) is 4.71. The van der Waals surface area contributed by atoms with Crippen molar-refractivity contribution in [3.8, 4) is 17.2 Å². The number of carbonyl (C=O) groups is 2. The Morgan fingerprint density at radius 1 is 1.00 bits per heavy atom. The Labute approximate surface area is 202 Å². The number of ketones is 1. The van der Waals surface area contributed by atoms with Crippen molar-refractivity contribution in [2.24, 2.45) is 0 Å². The highest BCUT2D eigenvalue weighted by molar-refractivity contribution is 9.10. The van der Waals surface area contributed by atoms with Crippen molar-refractivity contribution >= 4 is 27.6 Å². The number of hydrogen-bond donors (Lipinski definition) is 1. The predicted molar refractivity (Wildman–Crippen MR) is 129 cm³/mol. The zero-order valence-electron chi connectivity index (χ0n) is 19.1. The van der Waals surface area contributed by atoms with E-state index < -0.39 is 0 Å². The second-order valence-corrected chi connectivity index (χ2v) is 9.05. The van der Waals surface area contributed by atoms with Crippen molar-refractivity contribution in [1.29, 1.82) is 0 Å². The Morgan fingerprint density at radius 2 is 1.79 bits per heavy atom. The van der Waals surface area contributed by atoms with E-state index in [0.29, 0.717) is 43.1 Å². The maximum Gasteiger partial charge on any atom is 0.225 e. The Kier molecular flexibility index (Phi) is 7.08. The fraction of sp³-hybridized carbons (Fsp3) is 0.385. The topological polar surface area (TPSA) is 73.9 Å². The molecule has 1 aliphatic heterocycles. The number of benzene rings is 2. The smallest absolute Gasteiger partial charge is 0.225 e. The van der Waals surface area contributed by atoms with Gasteiger partial charge in [-0.2, -0.15) is 0 Å². The van der Waals surface area contributed by atoms with Crippen LogP contribution in [0.15, 0.2) is 52.1 Å². The highest BCUT2D eigenvalue weighted by Crippen LogP contribution is 2.46. The van der Waals surface area contributed by atoms with E-state index in [2.05, 4.69) is 21.2 Å². The minimum absolute atomic E-state index is 0.00329. The van der Waals surface area contributed by atoms with Crippen LogP contribution in [0, 0.1) is 0 Å². The van der Waals surface area contributed by atoms with Crippen LogP contribution in [-0.4, -0.2) is 32.0 Å². The molecule has 6 nitrogen and oxygen atoms in total. The van der Waals surface area contributed by atoms with Crippen molar-refractivity contribution in [2.75, 3.05) is 20.3 Å². The summed E-state index contributed by atoms with van der Waals surface area (Å²) in [6.07, 6.45) is 1.22. The number of Topliss-reactive ketones (excluding diaryl/α,β-unsaturated/α-hetero) is 1. The van der Waals surface area contributed by atoms with Crippen molar-refractivity contribution in [3.05, 3.63) is 63.3 Å². The molecule has 174 valence electrons. The van der Waals surface area contributed by atoms with Crippen molar-refractivity contribution in [1.82, 2.24) is 5.32 Å². The first-order chi connectivity index (χ1) is 15.9. The van der Waals surface area contributed by atoms with Gasteiger partial charge in [0.15, 0.2) is 17.3 Å². The lowest BCUT2D eigenvalue weighted by atomic mass is 9.73. The van der Waals surface area contributed by atoms with E-state index in [4.69, 9.17) is 14.2 Å². The van der Waals surface area contributed by atoms with Gasteiger partial charge in [-0.3, -0.25) is 9.59 Å². The molecule has 1 amide bonds. The summed E-state index contributed by atoms with van der Waals surface area (Å²) in [6, 6.07) is 11.6. The summed E-state index contributed by atoms with van der Waals surface area (Å²) >= 11 is 3.59. The van der Waals surface area contributed by atoms with Gasteiger partial charge < -0.3 is 19.5 Å². The quantitative estimate of drug-likeness (QED) is 0.546. The number of rotatable bonds is 7. The standard InChI is InChI=1S/C26H28BrNO5/c1-4-32-23-13-17(10-20(27)26(23)33-5-2)19-14-24(30)28-21-11-16(12-22(29)25(19)21)15-7-6-8-18(9-15)31-3/h6-10,13,16,19H,4-5,11-12,14H2,1-3H3,(H,28,30). The van der Waals surface area contributed by atoms with Gasteiger partial charge in [0.25, 0.3) is 0 Å². The number of amides is 1. The van der Waals surface area contributed by atoms with E-state index in [1.807, 2.05) is 50.2 Å². The lowest BCUT2D eigenvalue weighted by Crippen LogP contribution is -2.38. The molecule has 33 heavy (non-hydrogen) atoms. The summed E-state index contributed by atoms with van der Waals surface area (Å²) in [5.41, 5.74) is 3.33. The fourth-order valence-corrected chi connectivity index (χ4v) is 5.29. The summed E-state index contributed by atoms with van der Waals surface area (Å²) in [5, 5.41) is 2.98. The van der Waals surface area contributed by atoms with E-state index in [9.17, 15) is 9.59 Å². The first-order valence-electron chi connectivity index (χ1n) is 11.2. The minimum atomic E-state index is -0.321. The Balaban J connectivity index is 1.72. The third-order valence-electron chi connectivity index (χ3n) is 6.12. The molecule has 2 aromatic carbocycles. The summed E-state index contributed by atoms with van der Waals surface area (Å²) < 4.78 is 17.7. The molecule has 2 aliphatic rings. The van der Waals surface area contributed by atoms with Crippen LogP contribution in [0.1, 0.15) is 56.1 Å². The first kappa shape index (κ1) is 23.4. The van der Waals surface area contributed by atoms with Crippen LogP contribution in [0.2, 0.25) is 0 Å². The van der Waals surface area contributed by atoms with Gasteiger partial charge in [-0.25, -0.2) is 0 Å². The molecule has 0 bridgehead atoms. The summed E-state index contributed by atoms with van der Waals surface area (Å²) in [7, 11) is 1.63. The summed E-state index contributed by atoms with van der Waals surface area (Å²) in [4.78, 5) is 26.1. The molecule has 0 saturated heterocycles. The van der Waals surface area contributed by atoms with Crippen LogP contribution >= 0.6 is 15.9 Å².